The highest BCUT2D eigenvalue weighted by Gasteiger charge is 2.34. The van der Waals surface area contributed by atoms with Gasteiger partial charge in [0.25, 0.3) is 0 Å². The summed E-state index contributed by atoms with van der Waals surface area (Å²) in [4.78, 5) is 17.3. The molecule has 7 heteroatoms. The van der Waals surface area contributed by atoms with Crippen LogP contribution >= 0.6 is 0 Å². The maximum atomic E-state index is 12.4. The van der Waals surface area contributed by atoms with E-state index in [0.29, 0.717) is 0 Å². The van der Waals surface area contributed by atoms with Crippen LogP contribution in [0.25, 0.3) is 0 Å². The molecular formula is C10H12F3N3O. The van der Waals surface area contributed by atoms with E-state index in [1.54, 1.807) is 6.92 Å². The molecule has 1 aromatic rings. The highest BCUT2D eigenvalue weighted by Crippen LogP contribution is 2.26. The van der Waals surface area contributed by atoms with Gasteiger partial charge in [-0.1, -0.05) is 6.92 Å². The lowest BCUT2D eigenvalue weighted by Crippen LogP contribution is -2.25. The van der Waals surface area contributed by atoms with Gasteiger partial charge < -0.3 is 5.32 Å². The molecule has 1 N–H and O–H groups in total. The quantitative estimate of drug-likeness (QED) is 0.885. The van der Waals surface area contributed by atoms with Crippen molar-refractivity contribution in [1.29, 1.82) is 0 Å². The first-order valence-corrected chi connectivity index (χ1v) is 4.95. The number of nitrogens with zero attached hydrogens (tertiary/aromatic N) is 2. The van der Waals surface area contributed by atoms with Gasteiger partial charge in [-0.05, 0) is 6.07 Å². The van der Waals surface area contributed by atoms with E-state index < -0.39 is 12.0 Å². The molecule has 1 aromatic heterocycles. The molecule has 0 aliphatic carbocycles. The van der Waals surface area contributed by atoms with Crippen LogP contribution in [0.4, 0.5) is 13.2 Å². The Morgan fingerprint density at radius 3 is 2.71 bits per heavy atom. The Kier molecular flexibility index (Phi) is 4.03. The maximum Gasteiger partial charge on any atom is 0.451 e. The Morgan fingerprint density at radius 1 is 1.53 bits per heavy atom. The molecule has 4 nitrogen and oxygen atoms in total. The summed E-state index contributed by atoms with van der Waals surface area (Å²) in [5, 5.41) is 2.52. The fraction of sp³-hybridized carbons (Fsp3) is 0.500. The molecule has 0 fully saturated rings. The van der Waals surface area contributed by atoms with E-state index in [1.165, 1.54) is 13.0 Å². The number of rotatable bonds is 3. The Hall–Kier alpha value is -1.66. The highest BCUT2D eigenvalue weighted by molar-refractivity contribution is 5.72. The fourth-order valence-electron chi connectivity index (χ4n) is 1.19. The SMILES string of the molecule is CC(=O)NCC(C)c1ccnc(C(F)(F)F)n1. The maximum absolute atomic E-state index is 12.4. The molecule has 0 saturated heterocycles. The van der Waals surface area contributed by atoms with Gasteiger partial charge in [0.2, 0.25) is 11.7 Å². The van der Waals surface area contributed by atoms with Crippen LogP contribution in [0.2, 0.25) is 0 Å². The van der Waals surface area contributed by atoms with Crippen LogP contribution in [0, 0.1) is 0 Å². The molecule has 0 bridgehead atoms. The van der Waals surface area contributed by atoms with Gasteiger partial charge in [-0.15, -0.1) is 0 Å². The van der Waals surface area contributed by atoms with Crippen LogP contribution in [-0.4, -0.2) is 22.4 Å². The van der Waals surface area contributed by atoms with Crippen LogP contribution in [0.1, 0.15) is 31.3 Å². The van der Waals surface area contributed by atoms with E-state index >= 15 is 0 Å². The number of carbonyl (C=O) groups excluding carboxylic acids is 1. The number of carbonyl (C=O) groups is 1. The minimum absolute atomic E-state index is 0.234. The minimum Gasteiger partial charge on any atom is -0.356 e. The molecule has 1 atom stereocenters. The number of nitrogens with one attached hydrogen (secondary N) is 1. The van der Waals surface area contributed by atoms with E-state index in [-0.39, 0.29) is 24.1 Å². The van der Waals surface area contributed by atoms with Gasteiger partial charge in [-0.2, -0.15) is 13.2 Å². The van der Waals surface area contributed by atoms with E-state index in [1.807, 2.05) is 0 Å². The third-order valence-electron chi connectivity index (χ3n) is 2.09. The summed E-state index contributed by atoms with van der Waals surface area (Å²) in [6.07, 6.45) is -3.49. The highest BCUT2D eigenvalue weighted by atomic mass is 19.4. The van der Waals surface area contributed by atoms with Crippen molar-refractivity contribution >= 4 is 5.91 Å². The van der Waals surface area contributed by atoms with Crippen LogP contribution in [-0.2, 0) is 11.0 Å². The van der Waals surface area contributed by atoms with E-state index in [2.05, 4.69) is 15.3 Å². The molecule has 1 unspecified atom stereocenters. The molecule has 0 aromatic carbocycles. The summed E-state index contributed by atoms with van der Waals surface area (Å²) in [7, 11) is 0. The first-order valence-electron chi connectivity index (χ1n) is 4.95. The van der Waals surface area contributed by atoms with Gasteiger partial charge in [0.15, 0.2) is 0 Å². The number of amides is 1. The molecule has 1 heterocycles. The second-order valence-corrected chi connectivity index (χ2v) is 3.64. The summed E-state index contributed by atoms with van der Waals surface area (Å²) in [5.74, 6) is -1.70. The Balaban J connectivity index is 2.81. The van der Waals surface area contributed by atoms with Gasteiger partial charge in [-0.3, -0.25) is 4.79 Å². The molecule has 0 saturated carbocycles. The fourth-order valence-corrected chi connectivity index (χ4v) is 1.19. The lowest BCUT2D eigenvalue weighted by atomic mass is 10.1. The third kappa shape index (κ3) is 4.01. The summed E-state index contributed by atoms with van der Waals surface area (Å²) in [6.45, 7) is 3.26. The molecule has 0 aliphatic heterocycles. The summed E-state index contributed by atoms with van der Waals surface area (Å²) < 4.78 is 37.1. The predicted octanol–water partition coefficient (Wildman–Crippen LogP) is 1.73. The average Bonchev–Trinajstić information content (AvgIpc) is 2.25. The zero-order chi connectivity index (χ0) is 13.1. The van der Waals surface area contributed by atoms with Crippen LogP contribution in [0.3, 0.4) is 0 Å². The van der Waals surface area contributed by atoms with Crippen molar-refractivity contribution in [1.82, 2.24) is 15.3 Å². The lowest BCUT2D eigenvalue weighted by Gasteiger charge is -2.12. The average molecular weight is 247 g/mol. The van der Waals surface area contributed by atoms with Crippen molar-refractivity contribution < 1.29 is 18.0 Å². The van der Waals surface area contributed by atoms with Gasteiger partial charge in [0, 0.05) is 31.3 Å². The van der Waals surface area contributed by atoms with Crippen molar-refractivity contribution in [3.8, 4) is 0 Å². The largest absolute Gasteiger partial charge is 0.451 e. The zero-order valence-electron chi connectivity index (χ0n) is 9.38. The van der Waals surface area contributed by atoms with Crippen LogP contribution in [0.5, 0.6) is 0 Å². The van der Waals surface area contributed by atoms with Gasteiger partial charge in [-0.25, -0.2) is 9.97 Å². The van der Waals surface area contributed by atoms with E-state index in [4.69, 9.17) is 0 Å². The zero-order valence-corrected chi connectivity index (χ0v) is 9.38. The van der Waals surface area contributed by atoms with E-state index in [0.717, 1.165) is 6.20 Å². The third-order valence-corrected chi connectivity index (χ3v) is 2.09. The Bertz CT molecular complexity index is 406. The topological polar surface area (TPSA) is 54.9 Å². The van der Waals surface area contributed by atoms with Crippen molar-refractivity contribution in [3.05, 3.63) is 23.8 Å². The number of hydrogen-bond donors (Lipinski definition) is 1. The molecule has 0 aliphatic rings. The Labute approximate surface area is 96.3 Å². The molecule has 17 heavy (non-hydrogen) atoms. The summed E-state index contributed by atoms with van der Waals surface area (Å²) >= 11 is 0. The van der Waals surface area contributed by atoms with Gasteiger partial charge >= 0.3 is 6.18 Å². The first kappa shape index (κ1) is 13.4. The van der Waals surface area contributed by atoms with E-state index in [9.17, 15) is 18.0 Å². The monoisotopic (exact) mass is 247 g/mol. The van der Waals surface area contributed by atoms with Gasteiger partial charge in [0.1, 0.15) is 0 Å². The number of hydrogen-bond acceptors (Lipinski definition) is 3. The predicted molar refractivity (Wildman–Crippen MR) is 54.1 cm³/mol. The van der Waals surface area contributed by atoms with Crippen molar-refractivity contribution in [2.75, 3.05) is 6.54 Å². The number of alkyl halides is 3. The molecular weight excluding hydrogens is 235 g/mol. The second-order valence-electron chi connectivity index (χ2n) is 3.64. The summed E-state index contributed by atoms with van der Waals surface area (Å²) in [5.41, 5.74) is 0.251. The normalized spacial score (nSPS) is 13.2. The minimum atomic E-state index is -4.55. The van der Waals surface area contributed by atoms with Gasteiger partial charge in [0.05, 0.1) is 0 Å². The van der Waals surface area contributed by atoms with Crippen LogP contribution < -0.4 is 5.32 Å². The second kappa shape index (κ2) is 5.11. The molecule has 1 rings (SSSR count). The number of halogens is 3. The molecule has 1 amide bonds. The molecule has 0 radical (unpaired) electrons. The standard InChI is InChI=1S/C10H12F3N3O/c1-6(5-15-7(2)17)8-3-4-14-9(16-8)10(11,12)13/h3-4,6H,5H2,1-2H3,(H,15,17). The Morgan fingerprint density at radius 2 is 2.18 bits per heavy atom. The van der Waals surface area contributed by atoms with Crippen molar-refractivity contribution in [3.63, 3.8) is 0 Å². The molecule has 94 valence electrons. The molecule has 0 spiro atoms. The van der Waals surface area contributed by atoms with Crippen LogP contribution in [0.15, 0.2) is 12.3 Å². The first-order chi connectivity index (χ1) is 7.80. The van der Waals surface area contributed by atoms with Crippen molar-refractivity contribution in [2.45, 2.75) is 25.9 Å². The van der Waals surface area contributed by atoms with Crippen molar-refractivity contribution in [2.24, 2.45) is 0 Å². The smallest absolute Gasteiger partial charge is 0.356 e. The lowest BCUT2D eigenvalue weighted by molar-refractivity contribution is -0.145. The number of aromatic nitrogens is 2. The summed E-state index contributed by atoms with van der Waals surface area (Å²) in [6, 6.07) is 1.40.